The average Bonchev–Trinajstić information content (AvgIpc) is 3.96. The summed E-state index contributed by atoms with van der Waals surface area (Å²) in [6, 6.07) is 14.4. The number of aromatic nitrogens is 4. The van der Waals surface area contributed by atoms with Crippen molar-refractivity contribution in [2.75, 3.05) is 27.4 Å². The lowest BCUT2D eigenvalue weighted by Crippen LogP contribution is -2.29. The van der Waals surface area contributed by atoms with Crippen LogP contribution in [-0.2, 0) is 49.1 Å². The van der Waals surface area contributed by atoms with Crippen LogP contribution in [0.1, 0.15) is 66.1 Å². The number of methoxy groups -OCH3 is 2. The Morgan fingerprint density at radius 3 is 1.59 bits per heavy atom. The van der Waals surface area contributed by atoms with Gasteiger partial charge in [0.05, 0.1) is 73.2 Å². The van der Waals surface area contributed by atoms with Crippen LogP contribution in [0.2, 0.25) is 0 Å². The van der Waals surface area contributed by atoms with Gasteiger partial charge in [0.15, 0.2) is 17.1 Å². The zero-order chi connectivity index (χ0) is 50.5. The molecule has 4 heterocycles. The number of rotatable bonds is 17. The molecule has 366 valence electrons. The molecule has 0 saturated carbocycles. The molecule has 6 aromatic rings. The zero-order valence-corrected chi connectivity index (χ0v) is 42.1. The molecule has 0 aliphatic carbocycles. The predicted octanol–water partition coefficient (Wildman–Crippen LogP) is 9.61. The fraction of sp³-hybridized carbons (Fsp3) is 0.256. The monoisotopic (exact) mass is 1130 g/mol. The Morgan fingerprint density at radius 1 is 0.691 bits per heavy atom. The summed E-state index contributed by atoms with van der Waals surface area (Å²) in [7, 11) is -12.1. The van der Waals surface area contributed by atoms with Crippen LogP contribution in [0.15, 0.2) is 123 Å². The molecule has 0 bridgehead atoms. The van der Waals surface area contributed by atoms with Gasteiger partial charge < -0.3 is 23.1 Å². The van der Waals surface area contributed by atoms with Gasteiger partial charge in [0, 0.05) is 37.7 Å². The van der Waals surface area contributed by atoms with E-state index >= 15 is 0 Å². The molecule has 17 nitrogen and oxygen atoms in total. The molecule has 0 amide bonds. The number of esters is 2. The molecule has 4 aromatic heterocycles. The average molecular weight is 1140 g/mol. The molecule has 0 aliphatic rings. The normalized spacial score (nSPS) is 11.8. The Morgan fingerprint density at radius 2 is 1.13 bits per heavy atom. The van der Waals surface area contributed by atoms with Gasteiger partial charge in [0.25, 0.3) is 20.0 Å². The molecule has 2 aromatic carbocycles. The number of unbranched alkanes of at least 4 members (excludes halogenated alkanes) is 2. The second-order valence-corrected chi connectivity index (χ2v) is 20.6. The largest absolute Gasteiger partial charge is 0.534 e. The summed E-state index contributed by atoms with van der Waals surface area (Å²) in [6.45, 7) is 8.96. The van der Waals surface area contributed by atoms with E-state index in [1.165, 1.54) is 74.8 Å². The van der Waals surface area contributed by atoms with Crippen LogP contribution in [0.25, 0.3) is 27.9 Å². The quantitative estimate of drug-likeness (QED) is 0.0273. The topological polar surface area (TPSA) is 218 Å². The molecule has 6 rings (SSSR count). The number of alkyl halides is 3. The highest BCUT2D eigenvalue weighted by molar-refractivity contribution is 9.10. The number of halogens is 5. The SMILES string of the molecule is C=COCCCC.CCCCO/C=C/c1c(C(=O)OC)ncc2c1ccn2S(=O)(=O)c1ccc(Br)cc1.COC(=O)c1ncc2c(ccn2S(=O)(=O)c2ccc(Br)cc2)c1OS(=O)(=O)C(F)(F)F. The van der Waals surface area contributed by atoms with Gasteiger partial charge in [-0.1, -0.05) is 65.1 Å². The molecular formula is C43H43Br2F3N4O13S3. The molecule has 0 fully saturated rings. The van der Waals surface area contributed by atoms with E-state index in [0.717, 1.165) is 59.9 Å². The number of nitrogens with zero attached hydrogens (tertiary/aromatic N) is 4. The molecule has 68 heavy (non-hydrogen) atoms. The summed E-state index contributed by atoms with van der Waals surface area (Å²) in [4.78, 5) is 31.8. The van der Waals surface area contributed by atoms with E-state index in [2.05, 4.69) is 71.2 Å². The lowest BCUT2D eigenvalue weighted by molar-refractivity contribution is -0.0500. The van der Waals surface area contributed by atoms with Crippen molar-refractivity contribution >= 4 is 102 Å². The number of carbonyl (C=O) groups is 2. The number of hydrogen-bond donors (Lipinski definition) is 0. The van der Waals surface area contributed by atoms with Crippen molar-refractivity contribution in [1.82, 2.24) is 17.9 Å². The van der Waals surface area contributed by atoms with E-state index in [1.807, 2.05) is 0 Å². The number of fused-ring (bicyclic) bond motifs is 2. The Bertz CT molecular complexity index is 3110. The summed E-state index contributed by atoms with van der Waals surface area (Å²) in [6.07, 6.45) is 13.4. The first-order valence-corrected chi connectivity index (χ1v) is 25.7. The highest BCUT2D eigenvalue weighted by atomic mass is 79.9. The third-order valence-electron chi connectivity index (χ3n) is 9.07. The minimum atomic E-state index is -6.20. The number of benzene rings is 2. The number of pyridine rings is 2. The first-order valence-electron chi connectivity index (χ1n) is 19.8. The maximum absolute atomic E-state index is 13.1. The minimum absolute atomic E-state index is 0.0825. The van der Waals surface area contributed by atoms with Crippen molar-refractivity contribution in [1.29, 1.82) is 0 Å². The molecule has 0 radical (unpaired) electrons. The standard InChI is InChI=1S/C21H21BrN2O5S.C16H10BrF3N2O7S2.C6H12O/c1-3-4-12-29-13-10-18-17-9-11-24(19(17)14-23-20(18)21(25)28-2)30(26,27)16-7-5-15(22)6-8-16;1-28-15(23)13-14(29-31(26,27)16(18,19)20)11-6-7-22(12(11)8-21-13)30(24,25)10-4-2-9(17)3-5-10;1-3-5-6-7-4-2/h5-11,13-14H,3-4,12H2,1-2H3;2-8H,1H3;4H,2-3,5-6H2,1H3/b13-10+;;. The van der Waals surface area contributed by atoms with Crippen molar-refractivity contribution < 1.29 is 71.1 Å². The van der Waals surface area contributed by atoms with Crippen molar-refractivity contribution in [3.8, 4) is 5.75 Å². The van der Waals surface area contributed by atoms with E-state index in [4.69, 9.17) is 14.2 Å². The van der Waals surface area contributed by atoms with Gasteiger partial charge in [-0.2, -0.15) is 21.6 Å². The van der Waals surface area contributed by atoms with Crippen molar-refractivity contribution in [2.24, 2.45) is 0 Å². The van der Waals surface area contributed by atoms with Gasteiger partial charge in [-0.05, 0) is 79.6 Å². The Labute approximate surface area is 407 Å². The molecule has 0 saturated heterocycles. The Hall–Kier alpha value is -5.76. The third kappa shape index (κ3) is 13.1. The highest BCUT2D eigenvalue weighted by Gasteiger charge is 2.49. The predicted molar refractivity (Wildman–Crippen MR) is 252 cm³/mol. The van der Waals surface area contributed by atoms with E-state index < -0.39 is 64.4 Å². The zero-order valence-electron chi connectivity index (χ0n) is 36.5. The summed E-state index contributed by atoms with van der Waals surface area (Å²) in [5.41, 5.74) is -6.17. The van der Waals surface area contributed by atoms with Crippen LogP contribution in [0, 0.1) is 0 Å². The van der Waals surface area contributed by atoms with Gasteiger partial charge in [0.2, 0.25) is 0 Å². The van der Waals surface area contributed by atoms with Crippen LogP contribution < -0.4 is 4.18 Å². The molecule has 25 heteroatoms. The van der Waals surface area contributed by atoms with E-state index in [9.17, 15) is 48.0 Å². The van der Waals surface area contributed by atoms with E-state index in [-0.39, 0.29) is 21.0 Å². The molecule has 0 atom stereocenters. The van der Waals surface area contributed by atoms with Crippen LogP contribution in [-0.4, -0.2) is 88.0 Å². The summed E-state index contributed by atoms with van der Waals surface area (Å²) in [5.74, 6) is -3.03. The lowest BCUT2D eigenvalue weighted by Gasteiger charge is -2.13. The van der Waals surface area contributed by atoms with Gasteiger partial charge in [0.1, 0.15) is 0 Å². The Balaban J connectivity index is 0.000000260. The van der Waals surface area contributed by atoms with E-state index in [1.54, 1.807) is 24.3 Å². The maximum atomic E-state index is 13.1. The van der Waals surface area contributed by atoms with Crippen molar-refractivity contribution in [3.05, 3.63) is 130 Å². The number of hydrogen-bond acceptors (Lipinski definition) is 15. The second-order valence-electron chi connectivity index (χ2n) is 13.6. The summed E-state index contributed by atoms with van der Waals surface area (Å²) < 4.78 is 141. The molecular weight excluding hydrogens is 1090 g/mol. The van der Waals surface area contributed by atoms with Crippen molar-refractivity contribution in [2.45, 2.75) is 54.8 Å². The van der Waals surface area contributed by atoms with E-state index in [0.29, 0.717) is 31.5 Å². The lowest BCUT2D eigenvalue weighted by atomic mass is 10.1. The summed E-state index contributed by atoms with van der Waals surface area (Å²) in [5, 5.41) is 0.116. The van der Waals surface area contributed by atoms with Gasteiger partial charge in [-0.25, -0.2) is 44.3 Å². The van der Waals surface area contributed by atoms with Crippen molar-refractivity contribution in [3.63, 3.8) is 0 Å². The van der Waals surface area contributed by atoms with Gasteiger partial charge in [-0.15, -0.1) is 0 Å². The van der Waals surface area contributed by atoms with Crippen LogP contribution in [0.5, 0.6) is 5.75 Å². The second kappa shape index (κ2) is 24.0. The van der Waals surface area contributed by atoms with Crippen LogP contribution in [0.4, 0.5) is 13.2 Å². The first kappa shape index (κ1) is 54.8. The van der Waals surface area contributed by atoms with Crippen LogP contribution in [0.3, 0.4) is 0 Å². The maximum Gasteiger partial charge on any atom is 0.534 e. The molecule has 0 spiro atoms. The smallest absolute Gasteiger partial charge is 0.502 e. The first-order chi connectivity index (χ1) is 32.1. The van der Waals surface area contributed by atoms with Gasteiger partial charge >= 0.3 is 27.6 Å². The molecule has 0 aliphatic heterocycles. The van der Waals surface area contributed by atoms with Gasteiger partial charge in [-0.3, -0.25) is 0 Å². The Kier molecular flexibility index (Phi) is 19.4. The number of carbonyl (C=O) groups excluding carboxylic acids is 2. The highest BCUT2D eigenvalue weighted by Crippen LogP contribution is 2.36. The third-order valence-corrected chi connectivity index (χ3v) is 14.5. The molecule has 0 unspecified atom stereocenters. The fourth-order valence-electron chi connectivity index (χ4n) is 5.65. The minimum Gasteiger partial charge on any atom is -0.502 e. The number of ether oxygens (including phenoxy) is 4. The molecule has 0 N–H and O–H groups in total. The van der Waals surface area contributed by atoms with Crippen LogP contribution >= 0.6 is 31.9 Å². The fourth-order valence-corrected chi connectivity index (χ4v) is 9.33. The summed E-state index contributed by atoms with van der Waals surface area (Å²) >= 11 is 6.47.